The number of nitrogens with one attached hydrogen (secondary N) is 1. The summed E-state index contributed by atoms with van der Waals surface area (Å²) >= 11 is 12.0. The molecule has 2 heterocycles. The van der Waals surface area contributed by atoms with Gasteiger partial charge < -0.3 is 16.0 Å². The first-order valence-corrected chi connectivity index (χ1v) is 8.52. The van der Waals surface area contributed by atoms with E-state index in [4.69, 9.17) is 28.9 Å². The smallest absolute Gasteiger partial charge is 0.257 e. The molecule has 0 spiro atoms. The summed E-state index contributed by atoms with van der Waals surface area (Å²) in [4.78, 5) is 18.9. The average Bonchev–Trinajstić information content (AvgIpc) is 2.58. The highest BCUT2D eigenvalue weighted by Gasteiger charge is 2.24. The van der Waals surface area contributed by atoms with Crippen molar-refractivity contribution in [2.45, 2.75) is 18.9 Å². The van der Waals surface area contributed by atoms with Crippen LogP contribution in [0.3, 0.4) is 0 Å². The first-order valence-electron chi connectivity index (χ1n) is 7.76. The van der Waals surface area contributed by atoms with Crippen molar-refractivity contribution in [3.8, 4) is 0 Å². The number of amides is 1. The van der Waals surface area contributed by atoms with E-state index >= 15 is 0 Å². The van der Waals surface area contributed by atoms with Crippen LogP contribution in [0.5, 0.6) is 0 Å². The molecule has 126 valence electrons. The first-order chi connectivity index (χ1) is 11.5. The quantitative estimate of drug-likeness (QED) is 0.870. The first kappa shape index (κ1) is 17.0. The van der Waals surface area contributed by atoms with Crippen LogP contribution in [0, 0.1) is 0 Å². The van der Waals surface area contributed by atoms with Gasteiger partial charge in [-0.2, -0.15) is 0 Å². The van der Waals surface area contributed by atoms with E-state index in [9.17, 15) is 4.79 Å². The molecule has 1 aliphatic rings. The predicted octanol–water partition coefficient (Wildman–Crippen LogP) is 3.70. The molecule has 24 heavy (non-hydrogen) atoms. The van der Waals surface area contributed by atoms with Gasteiger partial charge in [-0.25, -0.2) is 4.98 Å². The Morgan fingerprint density at radius 3 is 2.88 bits per heavy atom. The SMILES string of the molecule is NC1CCCN(C(=O)c2cccnc2Nc2ccc(Cl)c(Cl)c2)C1. The second-order valence-electron chi connectivity index (χ2n) is 5.81. The molecule has 0 aliphatic carbocycles. The number of carbonyl (C=O) groups is 1. The number of nitrogens with zero attached hydrogens (tertiary/aromatic N) is 2. The predicted molar refractivity (Wildman–Crippen MR) is 97.1 cm³/mol. The van der Waals surface area contributed by atoms with Crippen LogP contribution in [0.15, 0.2) is 36.5 Å². The number of anilines is 2. The van der Waals surface area contributed by atoms with Crippen LogP contribution in [0.4, 0.5) is 11.5 Å². The molecule has 1 fully saturated rings. The Morgan fingerprint density at radius 2 is 2.12 bits per heavy atom. The van der Waals surface area contributed by atoms with Crippen molar-refractivity contribution < 1.29 is 4.79 Å². The number of likely N-dealkylation sites (tertiary alicyclic amines) is 1. The summed E-state index contributed by atoms with van der Waals surface area (Å²) < 4.78 is 0. The molecule has 2 aromatic rings. The molecule has 1 aromatic heterocycles. The van der Waals surface area contributed by atoms with E-state index in [0.717, 1.165) is 12.8 Å². The zero-order chi connectivity index (χ0) is 17.1. The number of benzene rings is 1. The van der Waals surface area contributed by atoms with Crippen molar-refractivity contribution in [3.63, 3.8) is 0 Å². The van der Waals surface area contributed by atoms with E-state index in [1.165, 1.54) is 0 Å². The van der Waals surface area contributed by atoms with E-state index in [1.54, 1.807) is 41.4 Å². The van der Waals surface area contributed by atoms with E-state index in [-0.39, 0.29) is 11.9 Å². The van der Waals surface area contributed by atoms with Gasteiger partial charge in [0.25, 0.3) is 5.91 Å². The second-order valence-corrected chi connectivity index (χ2v) is 6.62. The molecule has 0 radical (unpaired) electrons. The standard InChI is InChI=1S/C17H18Cl2N4O/c18-14-6-5-12(9-15(14)19)22-16-13(4-1-7-21-16)17(24)23-8-2-3-11(20)10-23/h1,4-7,9,11H,2-3,8,10,20H2,(H,21,22). The van der Waals surface area contributed by atoms with Crippen LogP contribution in [0.2, 0.25) is 10.0 Å². The van der Waals surface area contributed by atoms with Crippen molar-refractivity contribution in [2.24, 2.45) is 5.73 Å². The Labute approximate surface area is 150 Å². The molecule has 3 rings (SSSR count). The molecule has 1 aliphatic heterocycles. The molecular formula is C17H18Cl2N4O. The maximum Gasteiger partial charge on any atom is 0.257 e. The molecule has 1 unspecified atom stereocenters. The van der Waals surface area contributed by atoms with Crippen molar-refractivity contribution in [3.05, 3.63) is 52.1 Å². The monoisotopic (exact) mass is 364 g/mol. The van der Waals surface area contributed by atoms with Crippen LogP contribution >= 0.6 is 23.2 Å². The van der Waals surface area contributed by atoms with E-state index < -0.39 is 0 Å². The molecule has 1 aromatic carbocycles. The van der Waals surface area contributed by atoms with Crippen LogP contribution in [0.1, 0.15) is 23.2 Å². The highest BCUT2D eigenvalue weighted by atomic mass is 35.5. The Balaban J connectivity index is 1.84. The zero-order valence-corrected chi connectivity index (χ0v) is 14.5. The minimum Gasteiger partial charge on any atom is -0.340 e. The number of carbonyl (C=O) groups excluding carboxylic acids is 1. The Hall–Kier alpha value is -1.82. The molecule has 5 nitrogen and oxygen atoms in total. The molecule has 0 bridgehead atoms. The fourth-order valence-electron chi connectivity index (χ4n) is 2.75. The summed E-state index contributed by atoms with van der Waals surface area (Å²) in [6, 6.07) is 8.72. The van der Waals surface area contributed by atoms with Crippen LogP contribution in [0.25, 0.3) is 0 Å². The van der Waals surface area contributed by atoms with Gasteiger partial charge in [-0.05, 0) is 43.2 Å². The van der Waals surface area contributed by atoms with Gasteiger partial charge in [-0.3, -0.25) is 4.79 Å². The molecule has 3 N–H and O–H groups in total. The maximum absolute atomic E-state index is 12.8. The third-order valence-electron chi connectivity index (χ3n) is 3.97. The third-order valence-corrected chi connectivity index (χ3v) is 4.70. The molecule has 7 heteroatoms. The Bertz CT molecular complexity index is 753. The van der Waals surface area contributed by atoms with Gasteiger partial charge in [-0.15, -0.1) is 0 Å². The van der Waals surface area contributed by atoms with Gasteiger partial charge in [-0.1, -0.05) is 23.2 Å². The summed E-state index contributed by atoms with van der Waals surface area (Å²) in [6.45, 7) is 1.29. The summed E-state index contributed by atoms with van der Waals surface area (Å²) in [6.07, 6.45) is 3.51. The van der Waals surface area contributed by atoms with Gasteiger partial charge in [0.05, 0.1) is 15.6 Å². The lowest BCUT2D eigenvalue weighted by atomic mass is 10.1. The normalized spacial score (nSPS) is 17.6. The van der Waals surface area contributed by atoms with E-state index in [0.29, 0.717) is 40.2 Å². The number of rotatable bonds is 3. The lowest BCUT2D eigenvalue weighted by Crippen LogP contribution is -2.45. The van der Waals surface area contributed by atoms with Gasteiger partial charge >= 0.3 is 0 Å². The fraction of sp³-hybridized carbons (Fsp3) is 0.294. The molecule has 1 atom stereocenters. The van der Waals surface area contributed by atoms with Crippen LogP contribution < -0.4 is 11.1 Å². The van der Waals surface area contributed by atoms with Gasteiger partial charge in [0, 0.05) is 31.0 Å². The number of aromatic nitrogens is 1. The summed E-state index contributed by atoms with van der Waals surface area (Å²) in [5, 5.41) is 4.05. The highest BCUT2D eigenvalue weighted by Crippen LogP contribution is 2.28. The van der Waals surface area contributed by atoms with Crippen LogP contribution in [-0.2, 0) is 0 Å². The molecular weight excluding hydrogens is 347 g/mol. The van der Waals surface area contributed by atoms with E-state index in [2.05, 4.69) is 10.3 Å². The number of hydrogen-bond acceptors (Lipinski definition) is 4. The zero-order valence-electron chi connectivity index (χ0n) is 13.0. The second kappa shape index (κ2) is 7.38. The van der Waals surface area contributed by atoms with Crippen molar-refractivity contribution in [1.29, 1.82) is 0 Å². The van der Waals surface area contributed by atoms with E-state index in [1.807, 2.05) is 0 Å². The molecule has 1 amide bonds. The van der Waals surface area contributed by atoms with Crippen LogP contribution in [-0.4, -0.2) is 34.9 Å². The topological polar surface area (TPSA) is 71.2 Å². The Kier molecular flexibility index (Phi) is 5.23. The number of hydrogen-bond donors (Lipinski definition) is 2. The number of halogens is 2. The lowest BCUT2D eigenvalue weighted by Gasteiger charge is -2.31. The largest absolute Gasteiger partial charge is 0.340 e. The average molecular weight is 365 g/mol. The Morgan fingerprint density at radius 1 is 1.29 bits per heavy atom. The van der Waals surface area contributed by atoms with Gasteiger partial charge in [0.2, 0.25) is 0 Å². The van der Waals surface area contributed by atoms with Crippen molar-refractivity contribution in [1.82, 2.24) is 9.88 Å². The van der Waals surface area contributed by atoms with Crippen molar-refractivity contribution in [2.75, 3.05) is 18.4 Å². The maximum atomic E-state index is 12.8. The van der Waals surface area contributed by atoms with Gasteiger partial charge in [0.15, 0.2) is 0 Å². The highest BCUT2D eigenvalue weighted by molar-refractivity contribution is 6.42. The fourth-order valence-corrected chi connectivity index (χ4v) is 3.05. The summed E-state index contributed by atoms with van der Waals surface area (Å²) in [5.74, 6) is 0.417. The third kappa shape index (κ3) is 3.80. The number of piperidine rings is 1. The van der Waals surface area contributed by atoms with Gasteiger partial charge in [0.1, 0.15) is 5.82 Å². The van der Waals surface area contributed by atoms with Crippen molar-refractivity contribution >= 4 is 40.6 Å². The number of pyridine rings is 1. The molecule has 0 saturated carbocycles. The summed E-state index contributed by atoms with van der Waals surface area (Å²) in [5.41, 5.74) is 7.21. The lowest BCUT2D eigenvalue weighted by molar-refractivity contribution is 0.0709. The minimum atomic E-state index is -0.0687. The summed E-state index contributed by atoms with van der Waals surface area (Å²) in [7, 11) is 0. The number of nitrogens with two attached hydrogens (primary N) is 1. The molecule has 1 saturated heterocycles. The minimum absolute atomic E-state index is 0.0332.